The zero-order chi connectivity index (χ0) is 19.9. The summed E-state index contributed by atoms with van der Waals surface area (Å²) in [5.41, 5.74) is 1.03. The number of urea groups is 1. The molecule has 1 saturated carbocycles. The molecule has 2 N–H and O–H groups in total. The SMILES string of the molecule is C[C@@H]1CCCC[C@H]1NC(=O)NC(=O)COC(=O)c1ccc(-n2cncn2)cc1. The maximum Gasteiger partial charge on any atom is 0.338 e. The van der Waals surface area contributed by atoms with Crippen LogP contribution in [-0.4, -0.2) is 45.3 Å². The van der Waals surface area contributed by atoms with Gasteiger partial charge in [-0.2, -0.15) is 5.10 Å². The summed E-state index contributed by atoms with van der Waals surface area (Å²) in [4.78, 5) is 39.7. The number of hydrogen-bond donors (Lipinski definition) is 2. The van der Waals surface area contributed by atoms with Crippen LogP contribution in [0.3, 0.4) is 0 Å². The van der Waals surface area contributed by atoms with Crippen molar-refractivity contribution in [2.75, 3.05) is 6.61 Å². The number of hydrogen-bond acceptors (Lipinski definition) is 6. The van der Waals surface area contributed by atoms with E-state index in [-0.39, 0.29) is 11.6 Å². The van der Waals surface area contributed by atoms with Crippen molar-refractivity contribution in [2.24, 2.45) is 5.92 Å². The first-order chi connectivity index (χ1) is 13.5. The van der Waals surface area contributed by atoms with Crippen molar-refractivity contribution in [3.8, 4) is 5.69 Å². The molecule has 9 heteroatoms. The van der Waals surface area contributed by atoms with Crippen LogP contribution in [0.25, 0.3) is 5.69 Å². The second kappa shape index (κ2) is 9.12. The molecular formula is C19H23N5O4. The van der Waals surface area contributed by atoms with Gasteiger partial charge in [-0.15, -0.1) is 0 Å². The minimum atomic E-state index is -0.673. The van der Waals surface area contributed by atoms with Crippen LogP contribution in [0.2, 0.25) is 0 Å². The molecule has 0 saturated heterocycles. The standard InChI is InChI=1S/C19H23N5O4/c1-13-4-2-3-5-16(13)22-19(27)23-17(25)10-28-18(26)14-6-8-15(9-7-14)24-12-20-11-21-24/h6-9,11-13,16H,2-5,10H2,1H3,(H2,22,23,25,27)/t13-,16-/m1/s1. The van der Waals surface area contributed by atoms with Gasteiger partial charge in [0.1, 0.15) is 12.7 Å². The van der Waals surface area contributed by atoms with Gasteiger partial charge in [0, 0.05) is 6.04 Å². The number of rotatable bonds is 5. The maximum absolute atomic E-state index is 12.1. The summed E-state index contributed by atoms with van der Waals surface area (Å²) in [6.07, 6.45) is 7.14. The molecule has 0 radical (unpaired) electrons. The fourth-order valence-corrected chi connectivity index (χ4v) is 3.20. The quantitative estimate of drug-likeness (QED) is 0.759. The number of nitrogens with zero attached hydrogens (tertiary/aromatic N) is 3. The Balaban J connectivity index is 1.43. The molecule has 0 aliphatic heterocycles. The highest BCUT2D eigenvalue weighted by Gasteiger charge is 2.23. The summed E-state index contributed by atoms with van der Waals surface area (Å²) in [6.45, 7) is 1.55. The monoisotopic (exact) mass is 385 g/mol. The van der Waals surface area contributed by atoms with Crippen molar-refractivity contribution in [2.45, 2.75) is 38.6 Å². The summed E-state index contributed by atoms with van der Waals surface area (Å²) in [7, 11) is 0. The van der Waals surface area contributed by atoms with Gasteiger partial charge >= 0.3 is 12.0 Å². The highest BCUT2D eigenvalue weighted by Crippen LogP contribution is 2.23. The Kier molecular flexibility index (Phi) is 6.36. The molecule has 0 bridgehead atoms. The second-order valence-electron chi connectivity index (χ2n) is 6.85. The van der Waals surface area contributed by atoms with Gasteiger partial charge in [0.25, 0.3) is 5.91 Å². The minimum Gasteiger partial charge on any atom is -0.452 e. The summed E-state index contributed by atoms with van der Waals surface area (Å²) in [5, 5.41) is 9.00. The van der Waals surface area contributed by atoms with Crippen LogP contribution >= 0.6 is 0 Å². The van der Waals surface area contributed by atoms with Crippen molar-refractivity contribution in [3.63, 3.8) is 0 Å². The lowest BCUT2D eigenvalue weighted by atomic mass is 9.86. The Labute approximate surface area is 162 Å². The Bertz CT molecular complexity index is 819. The highest BCUT2D eigenvalue weighted by atomic mass is 16.5. The Morgan fingerprint density at radius 1 is 1.18 bits per heavy atom. The molecule has 1 heterocycles. The van der Waals surface area contributed by atoms with Crippen LogP contribution in [-0.2, 0) is 9.53 Å². The lowest BCUT2D eigenvalue weighted by Crippen LogP contribution is -2.48. The third-order valence-electron chi connectivity index (χ3n) is 4.80. The van der Waals surface area contributed by atoms with E-state index in [1.54, 1.807) is 28.9 Å². The zero-order valence-corrected chi connectivity index (χ0v) is 15.6. The van der Waals surface area contributed by atoms with Gasteiger partial charge in [0.05, 0.1) is 11.3 Å². The van der Waals surface area contributed by atoms with E-state index in [0.717, 1.165) is 31.4 Å². The molecule has 9 nitrogen and oxygen atoms in total. The van der Waals surface area contributed by atoms with Gasteiger partial charge in [-0.05, 0) is 43.0 Å². The van der Waals surface area contributed by atoms with Gasteiger partial charge in [-0.3, -0.25) is 10.1 Å². The van der Waals surface area contributed by atoms with Crippen molar-refractivity contribution in [1.29, 1.82) is 0 Å². The first-order valence-corrected chi connectivity index (χ1v) is 9.25. The maximum atomic E-state index is 12.1. The Morgan fingerprint density at radius 3 is 2.61 bits per heavy atom. The number of carbonyl (C=O) groups is 3. The second-order valence-corrected chi connectivity index (χ2v) is 6.85. The Morgan fingerprint density at radius 2 is 1.93 bits per heavy atom. The molecular weight excluding hydrogens is 362 g/mol. The van der Waals surface area contributed by atoms with Crippen LogP contribution in [0.15, 0.2) is 36.9 Å². The number of aromatic nitrogens is 3. The van der Waals surface area contributed by atoms with Crippen LogP contribution in [0, 0.1) is 5.92 Å². The minimum absolute atomic E-state index is 0.0626. The van der Waals surface area contributed by atoms with E-state index >= 15 is 0 Å². The van der Waals surface area contributed by atoms with Crippen molar-refractivity contribution in [3.05, 3.63) is 42.5 Å². The van der Waals surface area contributed by atoms with Crippen molar-refractivity contribution in [1.82, 2.24) is 25.4 Å². The number of carbonyl (C=O) groups excluding carboxylic acids is 3. The van der Waals surface area contributed by atoms with E-state index < -0.39 is 24.5 Å². The fourth-order valence-electron chi connectivity index (χ4n) is 3.20. The summed E-state index contributed by atoms with van der Waals surface area (Å²) in [5.74, 6) is -0.942. The molecule has 0 spiro atoms. The van der Waals surface area contributed by atoms with Crippen molar-refractivity contribution >= 4 is 17.9 Å². The number of nitrogens with one attached hydrogen (secondary N) is 2. The third kappa shape index (κ3) is 5.15. The van der Waals surface area contributed by atoms with Crippen LogP contribution in [0.1, 0.15) is 43.0 Å². The van der Waals surface area contributed by atoms with Gasteiger partial charge in [0.15, 0.2) is 6.61 Å². The molecule has 1 aliphatic carbocycles. The van der Waals surface area contributed by atoms with Gasteiger partial charge in [-0.25, -0.2) is 19.3 Å². The molecule has 1 aliphatic rings. The smallest absolute Gasteiger partial charge is 0.338 e. The number of imide groups is 1. The van der Waals surface area contributed by atoms with E-state index in [2.05, 4.69) is 27.6 Å². The normalized spacial score (nSPS) is 18.9. The zero-order valence-electron chi connectivity index (χ0n) is 15.6. The average molecular weight is 385 g/mol. The van der Waals surface area contributed by atoms with E-state index in [4.69, 9.17) is 4.74 Å². The molecule has 3 amide bonds. The van der Waals surface area contributed by atoms with E-state index in [1.807, 2.05) is 0 Å². The summed E-state index contributed by atoms with van der Waals surface area (Å²) in [6, 6.07) is 6.00. The first-order valence-electron chi connectivity index (χ1n) is 9.25. The average Bonchev–Trinajstić information content (AvgIpc) is 3.23. The third-order valence-corrected chi connectivity index (χ3v) is 4.80. The predicted octanol–water partition coefficient (Wildman–Crippen LogP) is 1.83. The first kappa shape index (κ1) is 19.5. The highest BCUT2D eigenvalue weighted by molar-refractivity contribution is 5.97. The topological polar surface area (TPSA) is 115 Å². The summed E-state index contributed by atoms with van der Waals surface area (Å²) >= 11 is 0. The van der Waals surface area contributed by atoms with E-state index in [1.165, 1.54) is 12.7 Å². The molecule has 0 unspecified atom stereocenters. The van der Waals surface area contributed by atoms with Gasteiger partial charge in [0.2, 0.25) is 0 Å². The molecule has 28 heavy (non-hydrogen) atoms. The molecule has 148 valence electrons. The lowest BCUT2D eigenvalue weighted by Gasteiger charge is -2.29. The molecule has 2 aromatic rings. The number of benzene rings is 1. The van der Waals surface area contributed by atoms with Crippen molar-refractivity contribution < 1.29 is 19.1 Å². The van der Waals surface area contributed by atoms with Crippen LogP contribution in [0.5, 0.6) is 0 Å². The molecule has 1 aromatic heterocycles. The summed E-state index contributed by atoms with van der Waals surface area (Å²) < 4.78 is 6.52. The Hall–Kier alpha value is -3.23. The largest absolute Gasteiger partial charge is 0.452 e. The molecule has 1 aromatic carbocycles. The van der Waals surface area contributed by atoms with E-state index in [9.17, 15) is 14.4 Å². The fraction of sp³-hybridized carbons (Fsp3) is 0.421. The number of amides is 3. The van der Waals surface area contributed by atoms with Gasteiger partial charge in [-0.1, -0.05) is 19.8 Å². The molecule has 2 atom stereocenters. The molecule has 1 fully saturated rings. The lowest BCUT2D eigenvalue weighted by molar-refractivity contribution is -0.123. The molecule has 3 rings (SSSR count). The van der Waals surface area contributed by atoms with E-state index in [0.29, 0.717) is 5.92 Å². The van der Waals surface area contributed by atoms with Crippen LogP contribution < -0.4 is 10.6 Å². The predicted molar refractivity (Wildman–Crippen MR) is 99.7 cm³/mol. The van der Waals surface area contributed by atoms with Crippen LogP contribution in [0.4, 0.5) is 4.79 Å². The number of esters is 1. The van der Waals surface area contributed by atoms with Gasteiger partial charge < -0.3 is 10.1 Å². The number of ether oxygens (including phenoxy) is 1.